The van der Waals surface area contributed by atoms with Gasteiger partial charge in [0.15, 0.2) is 0 Å². The quantitative estimate of drug-likeness (QED) is 0.883. The van der Waals surface area contributed by atoms with Crippen molar-refractivity contribution in [2.24, 2.45) is 5.73 Å². The molecule has 2 rings (SSSR count). The van der Waals surface area contributed by atoms with Crippen LogP contribution >= 0.6 is 15.9 Å². The summed E-state index contributed by atoms with van der Waals surface area (Å²) in [5, 5.41) is 3.13. The topological polar surface area (TPSA) is 64.3 Å². The van der Waals surface area contributed by atoms with Crippen LogP contribution in [-0.4, -0.2) is 13.0 Å². The van der Waals surface area contributed by atoms with Gasteiger partial charge in [0.1, 0.15) is 11.8 Å². The fourth-order valence-corrected chi connectivity index (χ4v) is 2.40. The Labute approximate surface area is 126 Å². The van der Waals surface area contributed by atoms with Gasteiger partial charge in [-0.3, -0.25) is 4.79 Å². The molecule has 104 valence electrons. The summed E-state index contributed by atoms with van der Waals surface area (Å²) >= 11 is 3.43. The number of methoxy groups -OCH3 is 1. The molecule has 1 atom stereocenters. The van der Waals surface area contributed by atoms with E-state index in [1.54, 1.807) is 7.11 Å². The van der Waals surface area contributed by atoms with Gasteiger partial charge in [-0.15, -0.1) is 0 Å². The third kappa shape index (κ3) is 3.30. The number of hydrogen-bond donors (Lipinski definition) is 2. The first-order chi connectivity index (χ1) is 9.61. The number of nitrogens with two attached hydrogens (primary N) is 1. The lowest BCUT2D eigenvalue weighted by Gasteiger charge is -2.18. The monoisotopic (exact) mass is 334 g/mol. The summed E-state index contributed by atoms with van der Waals surface area (Å²) < 4.78 is 5.99. The molecule has 0 fully saturated rings. The zero-order valence-corrected chi connectivity index (χ0v) is 12.6. The first-order valence-corrected chi connectivity index (χ1v) is 6.85. The van der Waals surface area contributed by atoms with E-state index in [2.05, 4.69) is 21.2 Å². The van der Waals surface area contributed by atoms with E-state index in [4.69, 9.17) is 10.5 Å². The lowest BCUT2D eigenvalue weighted by atomic mass is 10.1. The highest BCUT2D eigenvalue weighted by atomic mass is 79.9. The number of primary amides is 1. The minimum absolute atomic E-state index is 0.445. The molecule has 0 heterocycles. The number of rotatable bonds is 5. The van der Waals surface area contributed by atoms with Crippen molar-refractivity contribution in [3.8, 4) is 5.75 Å². The molecule has 0 aliphatic rings. The Morgan fingerprint density at radius 1 is 1.25 bits per heavy atom. The SMILES string of the molecule is COc1cccc(NC(C(N)=O)c2ccccc2Br)c1. The summed E-state index contributed by atoms with van der Waals surface area (Å²) in [7, 11) is 1.60. The Balaban J connectivity index is 2.31. The molecular formula is C15H15BrN2O2. The van der Waals surface area contributed by atoms with E-state index in [-0.39, 0.29) is 0 Å². The highest BCUT2D eigenvalue weighted by Crippen LogP contribution is 2.27. The number of carbonyl (C=O) groups excluding carboxylic acids is 1. The van der Waals surface area contributed by atoms with E-state index in [9.17, 15) is 4.79 Å². The predicted octanol–water partition coefficient (Wildman–Crippen LogP) is 3.10. The average molecular weight is 335 g/mol. The van der Waals surface area contributed by atoms with E-state index >= 15 is 0 Å². The molecule has 1 amide bonds. The van der Waals surface area contributed by atoms with Gasteiger partial charge in [0.2, 0.25) is 5.91 Å². The number of hydrogen-bond acceptors (Lipinski definition) is 3. The van der Waals surface area contributed by atoms with Crippen molar-refractivity contribution in [2.75, 3.05) is 12.4 Å². The maximum atomic E-state index is 11.7. The molecule has 4 nitrogen and oxygen atoms in total. The fraction of sp³-hybridized carbons (Fsp3) is 0.133. The molecule has 0 aliphatic carbocycles. The molecule has 0 saturated heterocycles. The van der Waals surface area contributed by atoms with E-state index in [1.165, 1.54) is 0 Å². The van der Waals surface area contributed by atoms with Gasteiger partial charge >= 0.3 is 0 Å². The summed E-state index contributed by atoms with van der Waals surface area (Å²) in [5.41, 5.74) is 7.06. The Morgan fingerprint density at radius 2 is 2.00 bits per heavy atom. The Bertz CT molecular complexity index is 616. The summed E-state index contributed by atoms with van der Waals surface area (Å²) in [6.45, 7) is 0. The molecule has 3 N–H and O–H groups in total. The molecule has 2 aromatic carbocycles. The smallest absolute Gasteiger partial charge is 0.244 e. The minimum Gasteiger partial charge on any atom is -0.497 e. The molecule has 0 aromatic heterocycles. The number of benzene rings is 2. The van der Waals surface area contributed by atoms with Crippen LogP contribution in [0.3, 0.4) is 0 Å². The average Bonchev–Trinajstić information content (AvgIpc) is 2.45. The summed E-state index contributed by atoms with van der Waals surface area (Å²) in [4.78, 5) is 11.7. The highest BCUT2D eigenvalue weighted by molar-refractivity contribution is 9.10. The molecule has 1 unspecified atom stereocenters. The van der Waals surface area contributed by atoms with Gasteiger partial charge in [0, 0.05) is 16.2 Å². The van der Waals surface area contributed by atoms with Crippen LogP contribution in [0.5, 0.6) is 5.75 Å². The van der Waals surface area contributed by atoms with Crippen LogP contribution in [0.4, 0.5) is 5.69 Å². The fourth-order valence-electron chi connectivity index (χ4n) is 1.89. The summed E-state index contributed by atoms with van der Waals surface area (Å²) in [6, 6.07) is 14.2. The normalized spacial score (nSPS) is 11.7. The third-order valence-corrected chi connectivity index (χ3v) is 3.60. The standard InChI is InChI=1S/C15H15BrN2O2/c1-20-11-6-4-5-10(9-11)18-14(15(17)19)12-7-2-3-8-13(12)16/h2-9,14,18H,1H3,(H2,17,19). The van der Waals surface area contributed by atoms with Gasteiger partial charge in [-0.1, -0.05) is 40.2 Å². The van der Waals surface area contributed by atoms with Crippen LogP contribution in [0.1, 0.15) is 11.6 Å². The number of anilines is 1. The number of ether oxygens (including phenoxy) is 1. The van der Waals surface area contributed by atoms with Crippen LogP contribution in [0.25, 0.3) is 0 Å². The van der Waals surface area contributed by atoms with Crippen LogP contribution in [0, 0.1) is 0 Å². The first kappa shape index (κ1) is 14.4. The maximum absolute atomic E-state index is 11.7. The molecule has 0 aliphatic heterocycles. The van der Waals surface area contributed by atoms with Gasteiger partial charge in [0.05, 0.1) is 7.11 Å². The van der Waals surface area contributed by atoms with E-state index in [0.29, 0.717) is 5.75 Å². The van der Waals surface area contributed by atoms with Gasteiger partial charge < -0.3 is 15.8 Å². The lowest BCUT2D eigenvalue weighted by molar-refractivity contribution is -0.118. The minimum atomic E-state index is -0.613. The third-order valence-electron chi connectivity index (χ3n) is 2.88. The lowest BCUT2D eigenvalue weighted by Crippen LogP contribution is -2.28. The zero-order valence-electron chi connectivity index (χ0n) is 11.0. The maximum Gasteiger partial charge on any atom is 0.244 e. The predicted molar refractivity (Wildman–Crippen MR) is 82.7 cm³/mol. The summed E-state index contributed by atoms with van der Waals surface area (Å²) in [5.74, 6) is 0.269. The Hall–Kier alpha value is -2.01. The van der Waals surface area contributed by atoms with Crippen molar-refractivity contribution in [1.29, 1.82) is 0 Å². The highest BCUT2D eigenvalue weighted by Gasteiger charge is 2.19. The first-order valence-electron chi connectivity index (χ1n) is 6.06. The van der Waals surface area contributed by atoms with Gasteiger partial charge in [0.25, 0.3) is 0 Å². The van der Waals surface area contributed by atoms with Crippen molar-refractivity contribution in [3.63, 3.8) is 0 Å². The van der Waals surface area contributed by atoms with Crippen LogP contribution in [0.15, 0.2) is 53.0 Å². The van der Waals surface area contributed by atoms with Crippen LogP contribution < -0.4 is 15.8 Å². The Morgan fingerprint density at radius 3 is 2.65 bits per heavy atom. The van der Waals surface area contributed by atoms with Crippen molar-refractivity contribution in [2.45, 2.75) is 6.04 Å². The second-order valence-corrected chi connectivity index (χ2v) is 5.09. The number of nitrogens with one attached hydrogen (secondary N) is 1. The molecule has 20 heavy (non-hydrogen) atoms. The second-order valence-electron chi connectivity index (χ2n) is 4.23. The number of halogens is 1. The number of amides is 1. The van der Waals surface area contributed by atoms with Crippen LogP contribution in [-0.2, 0) is 4.79 Å². The molecule has 0 saturated carbocycles. The zero-order chi connectivity index (χ0) is 14.5. The molecule has 0 bridgehead atoms. The van der Waals surface area contributed by atoms with Crippen molar-refractivity contribution >= 4 is 27.5 Å². The van der Waals surface area contributed by atoms with Gasteiger partial charge in [-0.05, 0) is 23.8 Å². The molecule has 0 radical (unpaired) electrons. The van der Waals surface area contributed by atoms with E-state index < -0.39 is 11.9 Å². The largest absolute Gasteiger partial charge is 0.497 e. The molecule has 5 heteroatoms. The van der Waals surface area contributed by atoms with Gasteiger partial charge in [-0.2, -0.15) is 0 Å². The second kappa shape index (κ2) is 6.43. The number of carbonyl (C=O) groups is 1. The summed E-state index contributed by atoms with van der Waals surface area (Å²) in [6.07, 6.45) is 0. The molecule has 0 spiro atoms. The van der Waals surface area contributed by atoms with Crippen molar-refractivity contribution in [1.82, 2.24) is 0 Å². The van der Waals surface area contributed by atoms with Crippen molar-refractivity contribution < 1.29 is 9.53 Å². The van der Waals surface area contributed by atoms with E-state index in [1.807, 2.05) is 48.5 Å². The Kier molecular flexibility index (Phi) is 4.63. The van der Waals surface area contributed by atoms with E-state index in [0.717, 1.165) is 15.7 Å². The van der Waals surface area contributed by atoms with Gasteiger partial charge in [-0.25, -0.2) is 0 Å². The molecule has 2 aromatic rings. The van der Waals surface area contributed by atoms with Crippen LogP contribution in [0.2, 0.25) is 0 Å². The van der Waals surface area contributed by atoms with Crippen molar-refractivity contribution in [3.05, 3.63) is 58.6 Å². The molecular weight excluding hydrogens is 320 g/mol.